The third kappa shape index (κ3) is 2.86. The van der Waals surface area contributed by atoms with Crippen molar-refractivity contribution >= 4 is 27.8 Å². The number of H-pyrrole nitrogens is 1. The topological polar surface area (TPSA) is 103 Å². The Morgan fingerprint density at radius 3 is 2.87 bits per heavy atom. The second-order valence-electron chi connectivity index (χ2n) is 6.92. The van der Waals surface area contributed by atoms with Crippen molar-refractivity contribution in [3.63, 3.8) is 0 Å². The van der Waals surface area contributed by atoms with Crippen LogP contribution < -0.4 is 10.4 Å². The summed E-state index contributed by atoms with van der Waals surface area (Å²) in [6.45, 7) is 3.05. The van der Waals surface area contributed by atoms with Crippen LogP contribution in [0.2, 0.25) is 0 Å². The fourth-order valence-electron chi connectivity index (χ4n) is 3.51. The molecule has 30 heavy (non-hydrogen) atoms. The van der Waals surface area contributed by atoms with Gasteiger partial charge in [0.2, 0.25) is 0 Å². The van der Waals surface area contributed by atoms with E-state index in [-0.39, 0.29) is 5.69 Å². The van der Waals surface area contributed by atoms with Crippen molar-refractivity contribution in [3.05, 3.63) is 70.8 Å². The lowest BCUT2D eigenvalue weighted by Crippen LogP contribution is -2.11. The van der Waals surface area contributed by atoms with Gasteiger partial charge in [-0.25, -0.2) is 9.48 Å². The average molecular weight is 400 g/mol. The summed E-state index contributed by atoms with van der Waals surface area (Å²) < 4.78 is 12.1. The lowest BCUT2D eigenvalue weighted by atomic mass is 10.1. The summed E-state index contributed by atoms with van der Waals surface area (Å²) in [4.78, 5) is 27.1. The van der Waals surface area contributed by atoms with Crippen molar-refractivity contribution in [2.75, 3.05) is 0 Å². The molecule has 0 aliphatic heterocycles. The smallest absolute Gasteiger partial charge is 0.362 e. The van der Waals surface area contributed by atoms with E-state index in [1.54, 1.807) is 31.3 Å². The van der Waals surface area contributed by atoms with Crippen molar-refractivity contribution in [1.82, 2.24) is 20.0 Å². The zero-order chi connectivity index (χ0) is 20.8. The van der Waals surface area contributed by atoms with Gasteiger partial charge in [-0.15, -0.1) is 5.10 Å². The van der Waals surface area contributed by atoms with Crippen molar-refractivity contribution in [2.45, 2.75) is 13.8 Å². The van der Waals surface area contributed by atoms with E-state index in [0.29, 0.717) is 28.0 Å². The Morgan fingerprint density at radius 1 is 1.20 bits per heavy atom. The predicted octanol–water partition coefficient (Wildman–Crippen LogP) is 3.76. The van der Waals surface area contributed by atoms with Gasteiger partial charge in [0.15, 0.2) is 5.69 Å². The van der Waals surface area contributed by atoms with E-state index in [2.05, 4.69) is 15.3 Å². The number of para-hydroxylation sites is 1. The number of aromatic amines is 1. The Morgan fingerprint density at radius 2 is 2.03 bits per heavy atom. The van der Waals surface area contributed by atoms with Crippen LogP contribution in [0.5, 0.6) is 5.75 Å². The largest absolute Gasteiger partial charge is 0.426 e. The molecule has 0 aliphatic rings. The summed E-state index contributed by atoms with van der Waals surface area (Å²) >= 11 is 0. The molecule has 3 heterocycles. The fourth-order valence-corrected chi connectivity index (χ4v) is 3.51. The highest BCUT2D eigenvalue weighted by molar-refractivity contribution is 5.94. The number of ether oxygens (including phenoxy) is 1. The van der Waals surface area contributed by atoms with Crippen LogP contribution in [-0.2, 0) is 4.79 Å². The van der Waals surface area contributed by atoms with Crippen molar-refractivity contribution in [3.8, 4) is 22.7 Å². The van der Waals surface area contributed by atoms with Gasteiger partial charge in [0.05, 0.1) is 6.20 Å². The lowest BCUT2D eigenvalue weighted by molar-refractivity contribution is -0.131. The third-order valence-electron chi connectivity index (χ3n) is 4.94. The van der Waals surface area contributed by atoms with Gasteiger partial charge < -0.3 is 14.1 Å². The normalized spacial score (nSPS) is 11.3. The Balaban J connectivity index is 1.59. The zero-order valence-corrected chi connectivity index (χ0v) is 16.2. The second kappa shape index (κ2) is 6.70. The van der Waals surface area contributed by atoms with E-state index in [0.717, 1.165) is 16.5 Å². The summed E-state index contributed by atoms with van der Waals surface area (Å²) in [5.74, 6) is -0.0860. The number of benzene rings is 2. The molecule has 2 aromatic carbocycles. The molecule has 0 saturated heterocycles. The molecule has 0 fully saturated rings. The molecule has 0 radical (unpaired) electrons. The minimum Gasteiger partial charge on any atom is -0.426 e. The number of nitrogens with one attached hydrogen (secondary N) is 1. The minimum absolute atomic E-state index is 0.237. The Labute approximate surface area is 169 Å². The number of aromatic nitrogens is 4. The quantitative estimate of drug-likeness (QED) is 0.281. The van der Waals surface area contributed by atoms with Crippen molar-refractivity contribution in [1.29, 1.82) is 0 Å². The van der Waals surface area contributed by atoms with Crippen LogP contribution in [0.1, 0.15) is 12.5 Å². The van der Waals surface area contributed by atoms with Crippen LogP contribution in [-0.4, -0.2) is 25.9 Å². The number of hydrogen-bond donors (Lipinski definition) is 1. The number of nitrogens with zero attached hydrogens (tertiary/aromatic N) is 3. The highest BCUT2D eigenvalue weighted by Crippen LogP contribution is 2.29. The van der Waals surface area contributed by atoms with Gasteiger partial charge in [-0.3, -0.25) is 4.79 Å². The third-order valence-corrected chi connectivity index (χ3v) is 4.94. The lowest BCUT2D eigenvalue weighted by Gasteiger charge is -2.08. The summed E-state index contributed by atoms with van der Waals surface area (Å²) in [7, 11) is 0. The van der Waals surface area contributed by atoms with Gasteiger partial charge in [0.1, 0.15) is 17.0 Å². The average Bonchev–Trinajstić information content (AvgIpc) is 3.37. The molecule has 0 amide bonds. The van der Waals surface area contributed by atoms with E-state index >= 15 is 0 Å². The molecule has 0 unspecified atom stereocenters. The first-order chi connectivity index (χ1) is 14.5. The second-order valence-corrected chi connectivity index (χ2v) is 6.92. The molecule has 5 aromatic rings. The molecule has 0 spiro atoms. The highest BCUT2D eigenvalue weighted by Gasteiger charge is 2.16. The molecule has 5 rings (SSSR count). The standard InChI is InChI=1S/C22H16N4O4/c1-12-20(29-13(2)27)8-7-14-9-19(22(28)30-21(12)14)26-11-18(24-25-26)16-10-23-17-6-4-3-5-15(16)17/h3-11,23H,1-2H3. The van der Waals surface area contributed by atoms with E-state index in [4.69, 9.17) is 9.15 Å². The minimum atomic E-state index is -0.569. The number of esters is 1. The van der Waals surface area contributed by atoms with Gasteiger partial charge in [-0.05, 0) is 31.2 Å². The Bertz CT molecular complexity index is 1490. The summed E-state index contributed by atoms with van der Waals surface area (Å²) in [5.41, 5.74) is 3.12. The van der Waals surface area contributed by atoms with Gasteiger partial charge >= 0.3 is 11.6 Å². The SMILES string of the molecule is CC(=O)Oc1ccc2cc(-n3cc(-c4c[nH]c5ccccc45)nn3)c(=O)oc2c1C. The molecule has 0 bridgehead atoms. The predicted molar refractivity (Wildman–Crippen MR) is 111 cm³/mol. The van der Waals surface area contributed by atoms with Crippen LogP contribution in [0.25, 0.3) is 38.8 Å². The molecular formula is C22H16N4O4. The molecule has 1 N–H and O–H groups in total. The van der Waals surface area contributed by atoms with Gasteiger partial charge in [-0.1, -0.05) is 23.4 Å². The maximum absolute atomic E-state index is 12.7. The Hall–Kier alpha value is -4.20. The van der Waals surface area contributed by atoms with Gasteiger partial charge in [0.25, 0.3) is 0 Å². The molecule has 8 heteroatoms. The van der Waals surface area contributed by atoms with Crippen molar-refractivity contribution in [2.24, 2.45) is 0 Å². The summed E-state index contributed by atoms with van der Waals surface area (Å²) in [6, 6.07) is 13.0. The van der Waals surface area contributed by atoms with Gasteiger partial charge in [-0.2, -0.15) is 0 Å². The first-order valence-electron chi connectivity index (χ1n) is 9.26. The number of carbonyl (C=O) groups is 1. The number of fused-ring (bicyclic) bond motifs is 2. The van der Waals surface area contributed by atoms with E-state index in [1.165, 1.54) is 11.6 Å². The van der Waals surface area contributed by atoms with Crippen molar-refractivity contribution < 1.29 is 13.9 Å². The molecule has 3 aromatic heterocycles. The van der Waals surface area contributed by atoms with E-state index < -0.39 is 11.6 Å². The number of hydrogen-bond acceptors (Lipinski definition) is 6. The van der Waals surface area contributed by atoms with Crippen LogP contribution in [0, 0.1) is 6.92 Å². The van der Waals surface area contributed by atoms with Crippen LogP contribution in [0.4, 0.5) is 0 Å². The number of aryl methyl sites for hydroxylation is 1. The first-order valence-corrected chi connectivity index (χ1v) is 9.26. The molecule has 8 nitrogen and oxygen atoms in total. The monoisotopic (exact) mass is 400 g/mol. The van der Waals surface area contributed by atoms with E-state index in [1.807, 2.05) is 30.5 Å². The first kappa shape index (κ1) is 17.9. The van der Waals surface area contributed by atoms with Crippen LogP contribution >= 0.6 is 0 Å². The molecule has 148 valence electrons. The number of rotatable bonds is 3. The maximum atomic E-state index is 12.7. The summed E-state index contributed by atoms with van der Waals surface area (Å²) in [6.07, 6.45) is 3.55. The van der Waals surface area contributed by atoms with Crippen LogP contribution in [0.15, 0.2) is 64.1 Å². The fraction of sp³-hybridized carbons (Fsp3) is 0.0909. The van der Waals surface area contributed by atoms with E-state index in [9.17, 15) is 9.59 Å². The molecular weight excluding hydrogens is 384 g/mol. The molecule has 0 aliphatic carbocycles. The molecule has 0 atom stereocenters. The Kier molecular flexibility index (Phi) is 3.99. The maximum Gasteiger partial charge on any atom is 0.362 e. The molecule has 0 saturated carbocycles. The zero-order valence-electron chi connectivity index (χ0n) is 16.2. The van der Waals surface area contributed by atoms with Gasteiger partial charge in [0, 0.05) is 40.5 Å². The number of carbonyl (C=O) groups excluding carboxylic acids is 1. The highest BCUT2D eigenvalue weighted by atomic mass is 16.5. The summed E-state index contributed by atoms with van der Waals surface area (Å²) in [5, 5.41) is 10.0. The van der Waals surface area contributed by atoms with Crippen LogP contribution in [0.3, 0.4) is 0 Å².